The van der Waals surface area contributed by atoms with E-state index in [1.807, 2.05) is 0 Å². The fourth-order valence-corrected chi connectivity index (χ4v) is 11.4. The minimum atomic E-state index is -0.0793. The molecular formula is C54H58BN3. The van der Waals surface area contributed by atoms with E-state index < -0.39 is 0 Å². The highest BCUT2D eigenvalue weighted by molar-refractivity contribution is 7.00. The summed E-state index contributed by atoms with van der Waals surface area (Å²) in [6, 6.07) is 47.1. The molecule has 58 heavy (non-hydrogen) atoms. The first-order chi connectivity index (χ1) is 27.6. The van der Waals surface area contributed by atoms with E-state index in [9.17, 15) is 0 Å². The van der Waals surface area contributed by atoms with E-state index in [0.29, 0.717) is 0 Å². The third-order valence-electron chi connectivity index (χ3n) is 14.6. The lowest BCUT2D eigenvalue weighted by Gasteiger charge is -2.51. The molecular weight excluding hydrogens is 701 g/mol. The Balaban J connectivity index is 1.33. The lowest BCUT2D eigenvalue weighted by Crippen LogP contribution is -2.61. The summed E-state index contributed by atoms with van der Waals surface area (Å²) in [4.78, 5) is 7.98. The molecule has 0 spiro atoms. The van der Waals surface area contributed by atoms with Crippen molar-refractivity contribution in [1.29, 1.82) is 0 Å². The fraction of sp³-hybridized carbons (Fsp3) is 0.333. The summed E-state index contributed by atoms with van der Waals surface area (Å²) in [5.74, 6) is 0. The first kappa shape index (κ1) is 37.1. The zero-order chi connectivity index (χ0) is 40.5. The third-order valence-corrected chi connectivity index (χ3v) is 14.6. The third kappa shape index (κ3) is 5.25. The van der Waals surface area contributed by atoms with Crippen molar-refractivity contribution in [3.63, 3.8) is 0 Å². The van der Waals surface area contributed by atoms with Gasteiger partial charge in [-0.2, -0.15) is 0 Å². The van der Waals surface area contributed by atoms with Crippen molar-refractivity contribution in [3.8, 4) is 0 Å². The first-order valence-electron chi connectivity index (χ1n) is 21.7. The van der Waals surface area contributed by atoms with Crippen LogP contribution in [0, 0.1) is 13.8 Å². The largest absolute Gasteiger partial charge is 0.334 e. The topological polar surface area (TPSA) is 9.72 Å². The summed E-state index contributed by atoms with van der Waals surface area (Å²) in [7, 11) is 0. The van der Waals surface area contributed by atoms with Gasteiger partial charge in [0.05, 0.1) is 5.54 Å². The molecule has 2 unspecified atom stereocenters. The molecule has 4 aliphatic rings. The summed E-state index contributed by atoms with van der Waals surface area (Å²) in [6.07, 6.45) is 4.88. The lowest BCUT2D eigenvalue weighted by atomic mass is 9.33. The van der Waals surface area contributed by atoms with Gasteiger partial charge >= 0.3 is 0 Å². The quantitative estimate of drug-likeness (QED) is 0.166. The zero-order valence-electron chi connectivity index (χ0n) is 36.3. The van der Waals surface area contributed by atoms with Crippen molar-refractivity contribution in [2.45, 2.75) is 117 Å². The molecule has 1 aliphatic carbocycles. The van der Waals surface area contributed by atoms with Gasteiger partial charge in [0.25, 0.3) is 6.71 Å². The second-order valence-corrected chi connectivity index (χ2v) is 20.3. The normalized spacial score (nSPS) is 20.7. The Morgan fingerprint density at radius 2 is 1.12 bits per heavy atom. The van der Waals surface area contributed by atoms with Gasteiger partial charge in [-0.15, -0.1) is 0 Å². The van der Waals surface area contributed by atoms with Gasteiger partial charge in [0, 0.05) is 50.9 Å². The molecule has 2 atom stereocenters. The van der Waals surface area contributed by atoms with Crippen LogP contribution in [0.25, 0.3) is 0 Å². The van der Waals surface area contributed by atoms with E-state index >= 15 is 0 Å². The number of aryl methyl sites for hydroxylation is 2. The van der Waals surface area contributed by atoms with Gasteiger partial charge in [-0.05, 0) is 132 Å². The summed E-state index contributed by atoms with van der Waals surface area (Å²) < 4.78 is 0. The Bertz CT molecular complexity index is 2610. The van der Waals surface area contributed by atoms with E-state index in [0.717, 1.165) is 6.42 Å². The average Bonchev–Trinajstić information content (AvgIpc) is 3.40. The molecule has 0 amide bonds. The lowest BCUT2D eigenvalue weighted by molar-refractivity contribution is 0.195. The fourth-order valence-electron chi connectivity index (χ4n) is 11.4. The Morgan fingerprint density at radius 3 is 1.79 bits per heavy atom. The molecule has 1 saturated carbocycles. The second-order valence-electron chi connectivity index (χ2n) is 20.3. The molecule has 10 rings (SSSR count). The van der Waals surface area contributed by atoms with Crippen LogP contribution in [0.4, 0.5) is 45.5 Å². The predicted molar refractivity (Wildman–Crippen MR) is 250 cm³/mol. The molecule has 6 aromatic carbocycles. The molecule has 3 aliphatic heterocycles. The summed E-state index contributed by atoms with van der Waals surface area (Å²) >= 11 is 0. The van der Waals surface area contributed by atoms with Crippen molar-refractivity contribution >= 4 is 68.6 Å². The molecule has 0 bridgehead atoms. The molecule has 0 radical (unpaired) electrons. The monoisotopic (exact) mass is 759 g/mol. The molecule has 3 heterocycles. The van der Waals surface area contributed by atoms with Crippen molar-refractivity contribution < 1.29 is 0 Å². The standard InChI is InChI=1S/C54H58BN3/c1-35-30-36(2)50-42(31-35)53(9)28-16-17-29-54(53,10)58(50)41-33-47-49-48(34-41)57(40-25-22-37(23-26-40)51(3,4)5)46-27-24-38(52(6,7)8)32-44(46)55(49)43-20-14-15-21-45(43)56(47)39-18-12-11-13-19-39/h11-15,18-27,30-34H,16-17,28-29H2,1-10H3. The smallest absolute Gasteiger partial charge is 0.252 e. The van der Waals surface area contributed by atoms with E-state index in [-0.39, 0.29) is 28.5 Å². The maximum atomic E-state index is 2.81. The predicted octanol–water partition coefficient (Wildman–Crippen LogP) is 12.7. The highest BCUT2D eigenvalue weighted by atomic mass is 15.3. The number of benzene rings is 6. The summed E-state index contributed by atoms with van der Waals surface area (Å²) in [6.45, 7) is 23.8. The van der Waals surface area contributed by atoms with Crippen LogP contribution in [0.3, 0.4) is 0 Å². The van der Waals surface area contributed by atoms with Gasteiger partial charge in [0.2, 0.25) is 0 Å². The minimum Gasteiger partial charge on any atom is -0.334 e. The number of hydrogen-bond donors (Lipinski definition) is 0. The van der Waals surface area contributed by atoms with Crippen LogP contribution in [0.2, 0.25) is 0 Å². The number of rotatable bonds is 3. The van der Waals surface area contributed by atoms with Gasteiger partial charge in [-0.3, -0.25) is 0 Å². The van der Waals surface area contributed by atoms with Crippen LogP contribution in [0.5, 0.6) is 0 Å². The van der Waals surface area contributed by atoms with Crippen LogP contribution in [0.15, 0.2) is 121 Å². The molecule has 1 fully saturated rings. The van der Waals surface area contributed by atoms with Crippen molar-refractivity contribution in [1.82, 2.24) is 0 Å². The second kappa shape index (κ2) is 12.6. The van der Waals surface area contributed by atoms with Gasteiger partial charge in [-0.25, -0.2) is 0 Å². The van der Waals surface area contributed by atoms with Gasteiger partial charge in [-0.1, -0.05) is 140 Å². The Hall–Kier alpha value is -5.22. The van der Waals surface area contributed by atoms with Crippen molar-refractivity contribution in [2.24, 2.45) is 0 Å². The summed E-state index contributed by atoms with van der Waals surface area (Å²) in [5.41, 5.74) is 21.2. The van der Waals surface area contributed by atoms with E-state index in [2.05, 4.69) is 205 Å². The van der Waals surface area contributed by atoms with Gasteiger partial charge in [0.1, 0.15) is 0 Å². The van der Waals surface area contributed by atoms with E-state index in [1.165, 1.54) is 109 Å². The number of hydrogen-bond acceptors (Lipinski definition) is 3. The van der Waals surface area contributed by atoms with Crippen LogP contribution in [-0.2, 0) is 16.2 Å². The Labute approximate surface area is 347 Å². The summed E-state index contributed by atoms with van der Waals surface area (Å²) in [5, 5.41) is 0. The van der Waals surface area contributed by atoms with Gasteiger partial charge < -0.3 is 14.7 Å². The SMILES string of the molecule is Cc1cc(C)c2c(c1)C1(C)CCCCC1(C)N2c1cc2c3c(c1)N(c1ccc(C(C)(C)C)cc1)c1ccc(C(C)(C)C)cc1B3c1ccccc1N2c1ccccc1. The number of nitrogens with zero attached hydrogens (tertiary/aromatic N) is 3. The van der Waals surface area contributed by atoms with E-state index in [1.54, 1.807) is 0 Å². The highest BCUT2D eigenvalue weighted by Crippen LogP contribution is 2.62. The van der Waals surface area contributed by atoms with Crippen LogP contribution in [0.1, 0.15) is 109 Å². The number of fused-ring (bicyclic) bond motifs is 7. The molecule has 6 aromatic rings. The maximum absolute atomic E-state index is 2.81. The average molecular weight is 760 g/mol. The number of para-hydroxylation sites is 2. The van der Waals surface area contributed by atoms with Crippen LogP contribution in [-0.4, -0.2) is 12.3 Å². The molecule has 292 valence electrons. The first-order valence-corrected chi connectivity index (χ1v) is 21.7. The van der Waals surface area contributed by atoms with Crippen LogP contribution < -0.4 is 31.1 Å². The molecule has 0 aromatic heterocycles. The molecule has 0 saturated heterocycles. The molecule has 4 heteroatoms. The Morgan fingerprint density at radius 1 is 0.534 bits per heavy atom. The van der Waals surface area contributed by atoms with E-state index in [4.69, 9.17) is 0 Å². The van der Waals surface area contributed by atoms with Gasteiger partial charge in [0.15, 0.2) is 0 Å². The minimum absolute atomic E-state index is 0.00684. The van der Waals surface area contributed by atoms with Crippen LogP contribution >= 0.6 is 0 Å². The van der Waals surface area contributed by atoms with Crippen molar-refractivity contribution in [3.05, 3.63) is 149 Å². The van der Waals surface area contributed by atoms with Crippen molar-refractivity contribution in [2.75, 3.05) is 14.7 Å². The molecule has 0 N–H and O–H groups in total. The Kier molecular flexibility index (Phi) is 8.08. The zero-order valence-corrected chi connectivity index (χ0v) is 36.3. The highest BCUT2D eigenvalue weighted by Gasteiger charge is 2.58. The molecule has 3 nitrogen and oxygen atoms in total. The number of anilines is 8. The maximum Gasteiger partial charge on any atom is 0.252 e.